The van der Waals surface area contributed by atoms with Crippen molar-refractivity contribution < 1.29 is 4.74 Å². The van der Waals surface area contributed by atoms with Crippen LogP contribution in [-0.2, 0) is 13.1 Å². The molecule has 37 heavy (non-hydrogen) atoms. The van der Waals surface area contributed by atoms with Crippen LogP contribution >= 0.6 is 23.2 Å². The predicted molar refractivity (Wildman–Crippen MR) is 146 cm³/mol. The predicted octanol–water partition coefficient (Wildman–Crippen LogP) is 7.64. The molecule has 8 heteroatoms. The highest BCUT2D eigenvalue weighted by Crippen LogP contribution is 2.33. The first-order chi connectivity index (χ1) is 18.1. The van der Waals surface area contributed by atoms with Gasteiger partial charge in [-0.3, -0.25) is 0 Å². The van der Waals surface area contributed by atoms with E-state index in [4.69, 9.17) is 33.2 Å². The molecule has 5 rings (SSSR count). The van der Waals surface area contributed by atoms with E-state index in [9.17, 15) is 0 Å². The Morgan fingerprint density at radius 1 is 0.811 bits per heavy atom. The standard InChI is InChI=1S/C29H21Cl2N5O/c30-23-14-24(31)16-26(15-23)36(25-10-12-28(13-11-25)37-27-4-2-1-3-5-27)19-29-34-33-20-35(29)18-22-8-6-21(17-32)7-9-22/h1-16,20H,18-19H2. The van der Waals surface area contributed by atoms with E-state index < -0.39 is 0 Å². The lowest BCUT2D eigenvalue weighted by Crippen LogP contribution is -2.20. The van der Waals surface area contributed by atoms with Gasteiger partial charge in [-0.15, -0.1) is 10.2 Å². The first-order valence-electron chi connectivity index (χ1n) is 11.5. The molecule has 0 saturated heterocycles. The van der Waals surface area contributed by atoms with Gasteiger partial charge in [0.25, 0.3) is 0 Å². The molecule has 5 aromatic rings. The Labute approximate surface area is 224 Å². The first-order valence-corrected chi connectivity index (χ1v) is 12.3. The number of hydrogen-bond donors (Lipinski definition) is 0. The van der Waals surface area contributed by atoms with Crippen LogP contribution in [0.15, 0.2) is 103 Å². The molecule has 0 fully saturated rings. The van der Waals surface area contributed by atoms with Gasteiger partial charge in [0.2, 0.25) is 0 Å². The van der Waals surface area contributed by atoms with Gasteiger partial charge in [0, 0.05) is 21.4 Å². The second kappa shape index (κ2) is 11.2. The molecule has 0 spiro atoms. The second-order valence-electron chi connectivity index (χ2n) is 8.31. The van der Waals surface area contributed by atoms with Crippen LogP contribution in [0.3, 0.4) is 0 Å². The molecule has 0 radical (unpaired) electrons. The lowest BCUT2D eigenvalue weighted by molar-refractivity contribution is 0.482. The van der Waals surface area contributed by atoms with Gasteiger partial charge in [-0.25, -0.2) is 0 Å². The summed E-state index contributed by atoms with van der Waals surface area (Å²) in [5.41, 5.74) is 3.39. The fraction of sp³-hybridized carbons (Fsp3) is 0.0690. The van der Waals surface area contributed by atoms with Crippen molar-refractivity contribution in [2.45, 2.75) is 13.1 Å². The monoisotopic (exact) mass is 525 g/mol. The fourth-order valence-electron chi connectivity index (χ4n) is 3.90. The topological polar surface area (TPSA) is 67.0 Å². The molecule has 0 aliphatic rings. The van der Waals surface area contributed by atoms with Gasteiger partial charge in [0.1, 0.15) is 17.8 Å². The number of aromatic nitrogens is 3. The number of rotatable bonds is 8. The summed E-state index contributed by atoms with van der Waals surface area (Å²) in [5.74, 6) is 2.25. The van der Waals surface area contributed by atoms with Crippen LogP contribution in [0.2, 0.25) is 10.0 Å². The summed E-state index contributed by atoms with van der Waals surface area (Å²) in [6, 6.07) is 32.5. The lowest BCUT2D eigenvalue weighted by atomic mass is 10.1. The van der Waals surface area contributed by atoms with Crippen molar-refractivity contribution >= 4 is 34.6 Å². The van der Waals surface area contributed by atoms with Gasteiger partial charge in [-0.1, -0.05) is 53.5 Å². The fourth-order valence-corrected chi connectivity index (χ4v) is 4.42. The molecule has 0 N–H and O–H groups in total. The molecule has 1 aromatic heterocycles. The molecule has 182 valence electrons. The quantitative estimate of drug-likeness (QED) is 0.208. The third-order valence-electron chi connectivity index (χ3n) is 5.72. The average molecular weight is 526 g/mol. The highest BCUT2D eigenvalue weighted by Gasteiger charge is 2.16. The highest BCUT2D eigenvalue weighted by atomic mass is 35.5. The summed E-state index contributed by atoms with van der Waals surface area (Å²) in [7, 11) is 0. The third-order valence-corrected chi connectivity index (χ3v) is 6.15. The van der Waals surface area contributed by atoms with Gasteiger partial charge < -0.3 is 14.2 Å². The Morgan fingerprint density at radius 2 is 1.49 bits per heavy atom. The Balaban J connectivity index is 1.44. The van der Waals surface area contributed by atoms with Crippen LogP contribution in [-0.4, -0.2) is 14.8 Å². The average Bonchev–Trinajstić information content (AvgIpc) is 3.35. The molecule has 0 amide bonds. The first kappa shape index (κ1) is 24.4. The largest absolute Gasteiger partial charge is 0.457 e. The lowest BCUT2D eigenvalue weighted by Gasteiger charge is -2.25. The molecular weight excluding hydrogens is 505 g/mol. The van der Waals surface area contributed by atoms with Crippen LogP contribution in [0.1, 0.15) is 17.0 Å². The summed E-state index contributed by atoms with van der Waals surface area (Å²) in [5, 5.41) is 18.7. The van der Waals surface area contributed by atoms with Crippen molar-refractivity contribution in [3.05, 3.63) is 130 Å². The summed E-state index contributed by atoms with van der Waals surface area (Å²) in [6.45, 7) is 0.994. The SMILES string of the molecule is N#Cc1ccc(Cn2cnnc2CN(c2ccc(Oc3ccccc3)cc2)c2cc(Cl)cc(Cl)c2)cc1. The Bertz CT molecular complexity index is 1510. The molecule has 0 saturated carbocycles. The zero-order valence-electron chi connectivity index (χ0n) is 19.6. The number of para-hydroxylation sites is 1. The molecule has 1 heterocycles. The summed E-state index contributed by atoms with van der Waals surface area (Å²) in [4.78, 5) is 2.07. The molecular formula is C29H21Cl2N5O. The number of ether oxygens (including phenoxy) is 1. The second-order valence-corrected chi connectivity index (χ2v) is 9.18. The van der Waals surface area contributed by atoms with E-state index >= 15 is 0 Å². The van der Waals surface area contributed by atoms with Crippen molar-refractivity contribution in [3.8, 4) is 17.6 Å². The minimum absolute atomic E-state index is 0.422. The van der Waals surface area contributed by atoms with Crippen molar-refractivity contribution in [1.29, 1.82) is 5.26 Å². The van der Waals surface area contributed by atoms with E-state index in [-0.39, 0.29) is 0 Å². The zero-order valence-corrected chi connectivity index (χ0v) is 21.1. The van der Waals surface area contributed by atoms with Crippen LogP contribution in [0.25, 0.3) is 0 Å². The van der Waals surface area contributed by atoms with E-state index in [1.165, 1.54) is 0 Å². The van der Waals surface area contributed by atoms with Crippen molar-refractivity contribution in [1.82, 2.24) is 14.8 Å². The van der Waals surface area contributed by atoms with Crippen molar-refractivity contribution in [2.24, 2.45) is 0 Å². The minimum Gasteiger partial charge on any atom is -0.457 e. The van der Waals surface area contributed by atoms with E-state index in [2.05, 4.69) is 21.2 Å². The van der Waals surface area contributed by atoms with E-state index in [0.29, 0.717) is 28.7 Å². The normalized spacial score (nSPS) is 10.6. The molecule has 0 bridgehead atoms. The molecule has 0 atom stereocenters. The van der Waals surface area contributed by atoms with Gasteiger partial charge >= 0.3 is 0 Å². The van der Waals surface area contributed by atoms with Crippen molar-refractivity contribution in [3.63, 3.8) is 0 Å². The number of nitrogens with zero attached hydrogens (tertiary/aromatic N) is 5. The number of hydrogen-bond acceptors (Lipinski definition) is 5. The van der Waals surface area contributed by atoms with Crippen LogP contribution in [0.5, 0.6) is 11.5 Å². The number of halogens is 2. The molecule has 0 unspecified atom stereocenters. The highest BCUT2D eigenvalue weighted by molar-refractivity contribution is 6.35. The molecule has 4 aromatic carbocycles. The van der Waals surface area contributed by atoms with Gasteiger partial charge in [0.05, 0.1) is 24.7 Å². The minimum atomic E-state index is 0.422. The third kappa shape index (κ3) is 6.10. The van der Waals surface area contributed by atoms with Crippen molar-refractivity contribution in [2.75, 3.05) is 4.90 Å². The Hall–Kier alpha value is -4.31. The summed E-state index contributed by atoms with van der Waals surface area (Å²) < 4.78 is 7.94. The van der Waals surface area contributed by atoms with Crippen LogP contribution < -0.4 is 9.64 Å². The molecule has 6 nitrogen and oxygen atoms in total. The molecule has 0 aliphatic carbocycles. The maximum Gasteiger partial charge on any atom is 0.153 e. The van der Waals surface area contributed by atoms with E-state index in [0.717, 1.165) is 34.3 Å². The van der Waals surface area contributed by atoms with Crippen LogP contribution in [0.4, 0.5) is 11.4 Å². The zero-order chi connectivity index (χ0) is 25.6. The van der Waals surface area contributed by atoms with Gasteiger partial charge in [0.15, 0.2) is 5.82 Å². The van der Waals surface area contributed by atoms with E-state index in [1.807, 2.05) is 83.4 Å². The van der Waals surface area contributed by atoms with Gasteiger partial charge in [-0.2, -0.15) is 5.26 Å². The number of anilines is 2. The maximum atomic E-state index is 9.07. The smallest absolute Gasteiger partial charge is 0.153 e. The Morgan fingerprint density at radius 3 is 2.16 bits per heavy atom. The maximum absolute atomic E-state index is 9.07. The number of nitriles is 1. The Kier molecular flexibility index (Phi) is 7.36. The van der Waals surface area contributed by atoms with Gasteiger partial charge in [-0.05, 0) is 72.3 Å². The van der Waals surface area contributed by atoms with Crippen LogP contribution in [0, 0.1) is 11.3 Å². The van der Waals surface area contributed by atoms with E-state index in [1.54, 1.807) is 24.5 Å². The summed E-state index contributed by atoms with van der Waals surface area (Å²) >= 11 is 12.7. The molecule has 0 aliphatic heterocycles. The summed E-state index contributed by atoms with van der Waals surface area (Å²) in [6.07, 6.45) is 1.70. The number of benzene rings is 4.